The van der Waals surface area contributed by atoms with Crippen molar-refractivity contribution < 1.29 is 0 Å². The third-order valence-electron chi connectivity index (χ3n) is 1.05. The summed E-state index contributed by atoms with van der Waals surface area (Å²) in [6, 6.07) is 1.74. The number of aromatic nitrogens is 2. The standard InChI is InChI=1S/C7H11N5/c1-12(2)6-10-11-7-3-4-8-5-9-7/h3-6H,1-2H3,(H,8,9,11)/b10-6+. The minimum absolute atomic E-state index is 0.683. The molecule has 0 unspecified atom stereocenters. The molecule has 1 rings (SSSR count). The summed E-state index contributed by atoms with van der Waals surface area (Å²) in [5.74, 6) is 0.683. The highest BCUT2D eigenvalue weighted by Crippen LogP contribution is 1.96. The Hall–Kier alpha value is -1.65. The van der Waals surface area contributed by atoms with Crippen molar-refractivity contribution in [3.05, 3.63) is 18.6 Å². The smallest absolute Gasteiger partial charge is 0.149 e. The van der Waals surface area contributed by atoms with Gasteiger partial charge < -0.3 is 4.90 Å². The van der Waals surface area contributed by atoms with E-state index in [-0.39, 0.29) is 0 Å². The molecule has 0 fully saturated rings. The molecule has 0 atom stereocenters. The predicted molar refractivity (Wildman–Crippen MR) is 47.8 cm³/mol. The van der Waals surface area contributed by atoms with Crippen molar-refractivity contribution in [3.8, 4) is 0 Å². The van der Waals surface area contributed by atoms with Gasteiger partial charge in [0.15, 0.2) is 0 Å². The van der Waals surface area contributed by atoms with Crippen molar-refractivity contribution in [2.24, 2.45) is 5.10 Å². The van der Waals surface area contributed by atoms with E-state index < -0.39 is 0 Å². The lowest BCUT2D eigenvalue weighted by atomic mass is 10.6. The minimum Gasteiger partial charge on any atom is -0.367 e. The summed E-state index contributed by atoms with van der Waals surface area (Å²) >= 11 is 0. The van der Waals surface area contributed by atoms with Crippen LogP contribution in [-0.4, -0.2) is 35.3 Å². The first kappa shape index (κ1) is 8.45. The van der Waals surface area contributed by atoms with E-state index in [4.69, 9.17) is 0 Å². The van der Waals surface area contributed by atoms with E-state index >= 15 is 0 Å². The summed E-state index contributed by atoms with van der Waals surface area (Å²) in [7, 11) is 3.79. The zero-order valence-electron chi connectivity index (χ0n) is 7.10. The number of nitrogens with one attached hydrogen (secondary N) is 1. The second kappa shape index (κ2) is 4.27. The second-order valence-electron chi connectivity index (χ2n) is 2.41. The molecule has 12 heavy (non-hydrogen) atoms. The van der Waals surface area contributed by atoms with Crippen LogP contribution in [0.1, 0.15) is 0 Å². The first-order chi connectivity index (χ1) is 5.79. The first-order valence-corrected chi connectivity index (χ1v) is 3.50. The Morgan fingerprint density at radius 1 is 1.58 bits per heavy atom. The largest absolute Gasteiger partial charge is 0.367 e. The molecule has 0 aliphatic heterocycles. The average molecular weight is 165 g/mol. The van der Waals surface area contributed by atoms with Gasteiger partial charge in [-0.1, -0.05) is 0 Å². The summed E-state index contributed by atoms with van der Waals surface area (Å²) < 4.78 is 0. The molecule has 0 aliphatic carbocycles. The second-order valence-corrected chi connectivity index (χ2v) is 2.41. The highest BCUT2D eigenvalue weighted by molar-refractivity contribution is 5.55. The molecule has 1 N–H and O–H groups in total. The van der Waals surface area contributed by atoms with Crippen LogP contribution in [0, 0.1) is 0 Å². The van der Waals surface area contributed by atoms with Crippen LogP contribution in [0.25, 0.3) is 0 Å². The lowest BCUT2D eigenvalue weighted by molar-refractivity contribution is 0.641. The highest BCUT2D eigenvalue weighted by Gasteiger charge is 1.85. The molecule has 0 radical (unpaired) electrons. The van der Waals surface area contributed by atoms with Crippen LogP contribution in [0.5, 0.6) is 0 Å². The van der Waals surface area contributed by atoms with Crippen molar-refractivity contribution >= 4 is 12.2 Å². The molecule has 0 aromatic carbocycles. The molecule has 0 amide bonds. The number of nitrogens with zero attached hydrogens (tertiary/aromatic N) is 4. The van der Waals surface area contributed by atoms with Crippen molar-refractivity contribution in [1.82, 2.24) is 14.9 Å². The van der Waals surface area contributed by atoms with Gasteiger partial charge in [0.1, 0.15) is 18.5 Å². The van der Waals surface area contributed by atoms with Crippen molar-refractivity contribution in [2.75, 3.05) is 19.5 Å². The maximum absolute atomic E-state index is 3.92. The SMILES string of the molecule is CN(C)/C=N/Nc1ccncn1. The molecule has 1 aromatic rings. The molecular formula is C7H11N5. The van der Waals surface area contributed by atoms with Gasteiger partial charge in [0.25, 0.3) is 0 Å². The number of hydrogen-bond acceptors (Lipinski definition) is 4. The summed E-state index contributed by atoms with van der Waals surface area (Å²) in [6.07, 6.45) is 4.77. The van der Waals surface area contributed by atoms with E-state index in [9.17, 15) is 0 Å². The van der Waals surface area contributed by atoms with E-state index in [2.05, 4.69) is 20.5 Å². The van der Waals surface area contributed by atoms with Gasteiger partial charge in [-0.2, -0.15) is 5.10 Å². The molecule has 0 bridgehead atoms. The Balaban J connectivity index is 2.43. The van der Waals surface area contributed by atoms with Crippen molar-refractivity contribution in [2.45, 2.75) is 0 Å². The number of hydrazone groups is 1. The molecule has 64 valence electrons. The quantitative estimate of drug-likeness (QED) is 0.400. The fourth-order valence-electron chi connectivity index (χ4n) is 0.567. The molecule has 5 nitrogen and oxygen atoms in total. The Morgan fingerprint density at radius 2 is 2.42 bits per heavy atom. The van der Waals surface area contributed by atoms with E-state index in [1.165, 1.54) is 6.33 Å². The zero-order valence-corrected chi connectivity index (χ0v) is 7.10. The minimum atomic E-state index is 0.683. The van der Waals surface area contributed by atoms with Crippen LogP contribution in [-0.2, 0) is 0 Å². The third-order valence-corrected chi connectivity index (χ3v) is 1.05. The summed E-state index contributed by atoms with van der Waals surface area (Å²) in [4.78, 5) is 9.52. The average Bonchev–Trinajstić information content (AvgIpc) is 2.05. The van der Waals surface area contributed by atoms with Crippen LogP contribution >= 0.6 is 0 Å². The summed E-state index contributed by atoms with van der Waals surface area (Å²) in [5.41, 5.74) is 2.75. The lowest BCUT2D eigenvalue weighted by Crippen LogP contribution is -2.09. The zero-order chi connectivity index (χ0) is 8.81. The number of anilines is 1. The predicted octanol–water partition coefficient (Wildman–Crippen LogP) is 0.393. The van der Waals surface area contributed by atoms with E-state index in [1.807, 2.05) is 19.0 Å². The van der Waals surface area contributed by atoms with Gasteiger partial charge in [0.2, 0.25) is 0 Å². The molecule has 0 spiro atoms. The Morgan fingerprint density at radius 3 is 3.00 bits per heavy atom. The maximum Gasteiger partial charge on any atom is 0.149 e. The van der Waals surface area contributed by atoms with E-state index in [0.717, 1.165) is 0 Å². The Labute approximate surface area is 71.1 Å². The number of hydrogen-bond donors (Lipinski definition) is 1. The van der Waals surface area contributed by atoms with Crippen LogP contribution in [0.2, 0.25) is 0 Å². The molecule has 0 aliphatic rings. The van der Waals surface area contributed by atoms with Crippen LogP contribution in [0.4, 0.5) is 5.82 Å². The van der Waals surface area contributed by atoms with Gasteiger partial charge in [-0.05, 0) is 0 Å². The van der Waals surface area contributed by atoms with Crippen LogP contribution < -0.4 is 5.43 Å². The number of rotatable bonds is 3. The monoisotopic (exact) mass is 165 g/mol. The van der Waals surface area contributed by atoms with E-state index in [0.29, 0.717) is 5.82 Å². The summed E-state index contributed by atoms with van der Waals surface area (Å²) in [5, 5.41) is 3.90. The first-order valence-electron chi connectivity index (χ1n) is 3.50. The van der Waals surface area contributed by atoms with Gasteiger partial charge in [-0.25, -0.2) is 9.97 Å². The topological polar surface area (TPSA) is 53.4 Å². The fraction of sp³-hybridized carbons (Fsp3) is 0.286. The Kier molecular flexibility index (Phi) is 3.01. The van der Waals surface area contributed by atoms with Crippen molar-refractivity contribution in [1.29, 1.82) is 0 Å². The van der Waals surface area contributed by atoms with Gasteiger partial charge in [-0.15, -0.1) is 0 Å². The molecule has 1 aromatic heterocycles. The van der Waals surface area contributed by atoms with Crippen molar-refractivity contribution in [3.63, 3.8) is 0 Å². The highest BCUT2D eigenvalue weighted by atomic mass is 15.3. The maximum atomic E-state index is 3.92. The van der Waals surface area contributed by atoms with Crippen LogP contribution in [0.3, 0.4) is 0 Å². The summed E-state index contributed by atoms with van der Waals surface area (Å²) in [6.45, 7) is 0. The molecule has 5 heteroatoms. The van der Waals surface area contributed by atoms with E-state index in [1.54, 1.807) is 18.6 Å². The van der Waals surface area contributed by atoms with Gasteiger partial charge in [0.05, 0.1) is 0 Å². The van der Waals surface area contributed by atoms with Gasteiger partial charge >= 0.3 is 0 Å². The normalized spacial score (nSPS) is 10.2. The fourth-order valence-corrected chi connectivity index (χ4v) is 0.567. The lowest BCUT2D eigenvalue weighted by Gasteiger charge is -2.02. The Bertz CT molecular complexity index is 243. The molecule has 1 heterocycles. The van der Waals surface area contributed by atoms with Crippen LogP contribution in [0.15, 0.2) is 23.7 Å². The molecule has 0 saturated heterocycles. The molecule has 0 saturated carbocycles. The third kappa shape index (κ3) is 2.96. The van der Waals surface area contributed by atoms with Gasteiger partial charge in [0, 0.05) is 26.4 Å². The molecular weight excluding hydrogens is 154 g/mol. The van der Waals surface area contributed by atoms with Gasteiger partial charge in [-0.3, -0.25) is 5.43 Å².